The second-order valence-electron chi connectivity index (χ2n) is 3.80. The molecule has 0 fully saturated rings. The standard InChI is InChI=1S/C13H8FNO4/c14-9-3-1-8(2-4-9)11-6-5-10(15(18)19)7-12(11)13(16)17/h1-7H,(H,16,17). The van der Waals surface area contributed by atoms with Crippen molar-refractivity contribution in [3.05, 3.63) is 64.0 Å². The number of aromatic carboxylic acids is 1. The molecule has 0 radical (unpaired) electrons. The summed E-state index contributed by atoms with van der Waals surface area (Å²) in [4.78, 5) is 21.1. The maximum Gasteiger partial charge on any atom is 0.336 e. The molecule has 1 N–H and O–H groups in total. The summed E-state index contributed by atoms with van der Waals surface area (Å²) < 4.78 is 12.8. The molecule has 0 aliphatic rings. The normalized spacial score (nSPS) is 10.2. The van der Waals surface area contributed by atoms with E-state index in [4.69, 9.17) is 5.11 Å². The third-order valence-corrected chi connectivity index (χ3v) is 2.60. The number of carbonyl (C=O) groups is 1. The molecule has 19 heavy (non-hydrogen) atoms. The van der Waals surface area contributed by atoms with Gasteiger partial charge in [-0.2, -0.15) is 0 Å². The molecule has 0 spiro atoms. The highest BCUT2D eigenvalue weighted by Gasteiger charge is 2.16. The monoisotopic (exact) mass is 261 g/mol. The first-order chi connectivity index (χ1) is 8.99. The summed E-state index contributed by atoms with van der Waals surface area (Å²) in [6, 6.07) is 8.78. The lowest BCUT2D eigenvalue weighted by Gasteiger charge is -2.06. The topological polar surface area (TPSA) is 80.4 Å². The maximum absolute atomic E-state index is 12.8. The Morgan fingerprint density at radius 1 is 1.16 bits per heavy atom. The van der Waals surface area contributed by atoms with Crippen molar-refractivity contribution in [2.24, 2.45) is 0 Å². The van der Waals surface area contributed by atoms with E-state index < -0.39 is 16.7 Å². The van der Waals surface area contributed by atoms with E-state index in [-0.39, 0.29) is 11.3 Å². The van der Waals surface area contributed by atoms with E-state index >= 15 is 0 Å². The summed E-state index contributed by atoms with van der Waals surface area (Å²) in [6.07, 6.45) is 0. The second kappa shape index (κ2) is 4.85. The molecule has 0 saturated heterocycles. The number of halogens is 1. The summed E-state index contributed by atoms with van der Waals surface area (Å²) >= 11 is 0. The van der Waals surface area contributed by atoms with Gasteiger partial charge in [-0.1, -0.05) is 12.1 Å². The van der Waals surface area contributed by atoms with Crippen molar-refractivity contribution < 1.29 is 19.2 Å². The van der Waals surface area contributed by atoms with Crippen molar-refractivity contribution in [1.82, 2.24) is 0 Å². The van der Waals surface area contributed by atoms with Gasteiger partial charge in [0.25, 0.3) is 5.69 Å². The first-order valence-corrected chi connectivity index (χ1v) is 5.26. The zero-order chi connectivity index (χ0) is 14.0. The average Bonchev–Trinajstić information content (AvgIpc) is 2.38. The van der Waals surface area contributed by atoms with Crippen LogP contribution in [0.3, 0.4) is 0 Å². The lowest BCUT2D eigenvalue weighted by atomic mass is 9.99. The molecular weight excluding hydrogens is 253 g/mol. The lowest BCUT2D eigenvalue weighted by molar-refractivity contribution is -0.384. The van der Waals surface area contributed by atoms with Crippen LogP contribution in [-0.2, 0) is 0 Å². The number of hydrogen-bond acceptors (Lipinski definition) is 3. The number of carboxylic acids is 1. The first-order valence-electron chi connectivity index (χ1n) is 5.26. The molecule has 2 aromatic rings. The minimum atomic E-state index is -1.27. The fourth-order valence-corrected chi connectivity index (χ4v) is 1.70. The number of nitrogens with zero attached hydrogens (tertiary/aromatic N) is 1. The Labute approximate surface area is 107 Å². The molecular formula is C13H8FNO4. The summed E-state index contributed by atoms with van der Waals surface area (Å²) in [7, 11) is 0. The van der Waals surface area contributed by atoms with Crippen LogP contribution in [0.25, 0.3) is 11.1 Å². The van der Waals surface area contributed by atoms with E-state index in [9.17, 15) is 19.3 Å². The molecule has 2 rings (SSSR count). The minimum Gasteiger partial charge on any atom is -0.478 e. The number of hydrogen-bond donors (Lipinski definition) is 1. The van der Waals surface area contributed by atoms with Gasteiger partial charge in [0.1, 0.15) is 5.82 Å². The van der Waals surface area contributed by atoms with Crippen molar-refractivity contribution in [1.29, 1.82) is 0 Å². The predicted octanol–water partition coefficient (Wildman–Crippen LogP) is 3.10. The Balaban J connectivity index is 2.59. The van der Waals surface area contributed by atoms with Crippen LogP contribution >= 0.6 is 0 Å². The number of carboxylic acid groups (broad SMARTS) is 1. The van der Waals surface area contributed by atoms with E-state index in [0.717, 1.165) is 6.07 Å². The number of non-ortho nitro benzene ring substituents is 1. The molecule has 0 saturated carbocycles. The van der Waals surface area contributed by atoms with Crippen molar-refractivity contribution in [2.75, 3.05) is 0 Å². The maximum atomic E-state index is 12.8. The molecule has 0 bridgehead atoms. The van der Waals surface area contributed by atoms with Crippen LogP contribution in [0.2, 0.25) is 0 Å². The van der Waals surface area contributed by atoms with Gasteiger partial charge in [0.15, 0.2) is 0 Å². The summed E-state index contributed by atoms with van der Waals surface area (Å²) in [5, 5.41) is 19.7. The van der Waals surface area contributed by atoms with E-state index in [0.29, 0.717) is 11.1 Å². The molecule has 2 aromatic carbocycles. The molecule has 0 amide bonds. The third kappa shape index (κ3) is 2.57. The van der Waals surface area contributed by atoms with E-state index in [2.05, 4.69) is 0 Å². The Morgan fingerprint density at radius 2 is 1.79 bits per heavy atom. The van der Waals surface area contributed by atoms with Crippen LogP contribution in [0.4, 0.5) is 10.1 Å². The van der Waals surface area contributed by atoms with Gasteiger partial charge in [0.2, 0.25) is 0 Å². The van der Waals surface area contributed by atoms with Gasteiger partial charge in [0, 0.05) is 12.1 Å². The molecule has 0 aromatic heterocycles. The first kappa shape index (κ1) is 12.7. The van der Waals surface area contributed by atoms with E-state index in [1.807, 2.05) is 0 Å². The fourth-order valence-electron chi connectivity index (χ4n) is 1.70. The smallest absolute Gasteiger partial charge is 0.336 e. The van der Waals surface area contributed by atoms with Crippen LogP contribution in [-0.4, -0.2) is 16.0 Å². The number of rotatable bonds is 3. The molecule has 6 heteroatoms. The number of nitro benzene ring substituents is 1. The third-order valence-electron chi connectivity index (χ3n) is 2.60. The highest BCUT2D eigenvalue weighted by atomic mass is 19.1. The van der Waals surface area contributed by atoms with E-state index in [1.165, 1.54) is 36.4 Å². The van der Waals surface area contributed by atoms with Crippen LogP contribution in [0.5, 0.6) is 0 Å². The zero-order valence-corrected chi connectivity index (χ0v) is 9.54. The summed E-state index contributed by atoms with van der Waals surface area (Å²) in [5.74, 6) is -1.72. The van der Waals surface area contributed by atoms with E-state index in [1.54, 1.807) is 0 Å². The van der Waals surface area contributed by atoms with Crippen molar-refractivity contribution in [3.8, 4) is 11.1 Å². The van der Waals surface area contributed by atoms with Crippen LogP contribution < -0.4 is 0 Å². The predicted molar refractivity (Wildman–Crippen MR) is 65.4 cm³/mol. The van der Waals surface area contributed by atoms with Gasteiger partial charge in [-0.3, -0.25) is 10.1 Å². The molecule has 0 heterocycles. The minimum absolute atomic E-state index is 0.194. The Bertz CT molecular complexity index is 652. The van der Waals surface area contributed by atoms with Crippen LogP contribution in [0.1, 0.15) is 10.4 Å². The quantitative estimate of drug-likeness (QED) is 0.680. The van der Waals surface area contributed by atoms with Gasteiger partial charge in [-0.25, -0.2) is 9.18 Å². The molecule has 0 aliphatic heterocycles. The second-order valence-corrected chi connectivity index (χ2v) is 3.80. The van der Waals surface area contributed by atoms with Crippen LogP contribution in [0.15, 0.2) is 42.5 Å². The zero-order valence-electron chi connectivity index (χ0n) is 9.54. The molecule has 96 valence electrons. The molecule has 5 nitrogen and oxygen atoms in total. The Hall–Kier alpha value is -2.76. The number of nitro groups is 1. The van der Waals surface area contributed by atoms with Gasteiger partial charge in [-0.05, 0) is 29.3 Å². The van der Waals surface area contributed by atoms with Gasteiger partial charge >= 0.3 is 5.97 Å². The van der Waals surface area contributed by atoms with Crippen molar-refractivity contribution in [3.63, 3.8) is 0 Å². The Kier molecular flexibility index (Phi) is 3.24. The molecule has 0 atom stereocenters. The highest BCUT2D eigenvalue weighted by Crippen LogP contribution is 2.27. The van der Waals surface area contributed by atoms with Gasteiger partial charge in [0.05, 0.1) is 10.5 Å². The van der Waals surface area contributed by atoms with Gasteiger partial charge < -0.3 is 5.11 Å². The summed E-state index contributed by atoms with van der Waals surface area (Å²) in [6.45, 7) is 0. The highest BCUT2D eigenvalue weighted by molar-refractivity contribution is 5.96. The molecule has 0 aliphatic carbocycles. The number of benzene rings is 2. The van der Waals surface area contributed by atoms with Crippen LogP contribution in [0, 0.1) is 15.9 Å². The average molecular weight is 261 g/mol. The Morgan fingerprint density at radius 3 is 2.32 bits per heavy atom. The molecule has 0 unspecified atom stereocenters. The summed E-state index contributed by atoms with van der Waals surface area (Å²) in [5.41, 5.74) is 0.288. The fraction of sp³-hybridized carbons (Fsp3) is 0. The van der Waals surface area contributed by atoms with Crippen molar-refractivity contribution in [2.45, 2.75) is 0 Å². The largest absolute Gasteiger partial charge is 0.478 e. The van der Waals surface area contributed by atoms with Crippen molar-refractivity contribution >= 4 is 11.7 Å². The van der Waals surface area contributed by atoms with Gasteiger partial charge in [-0.15, -0.1) is 0 Å². The lowest BCUT2D eigenvalue weighted by Crippen LogP contribution is -2.01. The SMILES string of the molecule is O=C(O)c1cc([N+](=O)[O-])ccc1-c1ccc(F)cc1.